The number of aliphatic hydroxyl groups excluding tert-OH is 1. The third-order valence-corrected chi connectivity index (χ3v) is 9.70. The van der Waals surface area contributed by atoms with Crippen molar-refractivity contribution in [3.8, 4) is 0 Å². The van der Waals surface area contributed by atoms with Crippen LogP contribution in [0, 0.1) is 13.8 Å². The first-order chi connectivity index (χ1) is 20.9. The Labute approximate surface area is 255 Å². The highest BCUT2D eigenvalue weighted by Gasteiger charge is 2.48. The Morgan fingerprint density at radius 3 is 2.53 bits per heavy atom. The number of aryl methyl sites for hydroxylation is 2. The fourth-order valence-electron chi connectivity index (χ4n) is 5.54. The Hall–Kier alpha value is -4.80. The molecule has 1 aliphatic rings. The Morgan fingerprint density at radius 1 is 0.930 bits per heavy atom. The van der Waals surface area contributed by atoms with Crippen molar-refractivity contribution in [2.75, 3.05) is 4.90 Å². The lowest BCUT2D eigenvalue weighted by molar-refractivity contribution is -0.132. The van der Waals surface area contributed by atoms with Gasteiger partial charge in [-0.3, -0.25) is 18.9 Å². The molecule has 10 heteroatoms. The van der Waals surface area contributed by atoms with Crippen molar-refractivity contribution in [2.24, 2.45) is 0 Å². The number of aliphatic hydroxyl groups is 1. The van der Waals surface area contributed by atoms with Crippen LogP contribution >= 0.6 is 23.1 Å². The quantitative estimate of drug-likeness (QED) is 0.0729. The van der Waals surface area contributed by atoms with Crippen molar-refractivity contribution >= 4 is 62.1 Å². The number of pyridine rings is 1. The highest BCUT2D eigenvalue weighted by molar-refractivity contribution is 8.00. The summed E-state index contributed by atoms with van der Waals surface area (Å²) in [7, 11) is 0. The SMILES string of the molecule is Cc1ccc(C2/C(=C(\O)c3c(C)nc4ccccn34)C(=O)C(=O)N2c2nnc(SCc3cccc4ccccc34)s2)cc1. The van der Waals surface area contributed by atoms with Crippen molar-refractivity contribution in [3.05, 3.63) is 125 Å². The predicted octanol–water partition coefficient (Wildman–Crippen LogP) is 6.87. The minimum Gasteiger partial charge on any atom is -0.505 e. The minimum absolute atomic E-state index is 0.0113. The van der Waals surface area contributed by atoms with Crippen LogP contribution in [-0.2, 0) is 15.3 Å². The van der Waals surface area contributed by atoms with Crippen LogP contribution < -0.4 is 4.90 Å². The first kappa shape index (κ1) is 27.1. The van der Waals surface area contributed by atoms with E-state index in [0.29, 0.717) is 37.8 Å². The van der Waals surface area contributed by atoms with E-state index in [4.69, 9.17) is 0 Å². The standard InChI is InChI=1S/C33H25N5O3S2/c1-19-13-15-22(16-14-19)28-26(29(39)27-20(2)34-25-12-5-6-17-37(25)27)30(40)31(41)38(28)32-35-36-33(43-32)42-18-23-10-7-9-21-8-3-4-11-24(21)23/h3-17,28,39H,18H2,1-2H3/b29-26+. The maximum Gasteiger partial charge on any atom is 0.301 e. The van der Waals surface area contributed by atoms with Crippen LogP contribution in [0.15, 0.2) is 101 Å². The molecular formula is C33H25N5O3S2. The Morgan fingerprint density at radius 2 is 1.70 bits per heavy atom. The lowest BCUT2D eigenvalue weighted by Gasteiger charge is -2.22. The molecule has 1 atom stereocenters. The molecule has 0 saturated carbocycles. The number of amides is 1. The maximum atomic E-state index is 13.7. The first-order valence-corrected chi connectivity index (χ1v) is 15.5. The summed E-state index contributed by atoms with van der Waals surface area (Å²) < 4.78 is 2.39. The third kappa shape index (κ3) is 4.68. The van der Waals surface area contributed by atoms with Gasteiger partial charge >= 0.3 is 5.91 Å². The number of thioether (sulfide) groups is 1. The molecule has 1 amide bonds. The van der Waals surface area contributed by atoms with Gasteiger partial charge in [-0.15, -0.1) is 10.2 Å². The molecule has 1 unspecified atom stereocenters. The van der Waals surface area contributed by atoms with E-state index in [1.807, 2.05) is 67.6 Å². The number of carbonyl (C=O) groups excluding carboxylic acids is 2. The summed E-state index contributed by atoms with van der Waals surface area (Å²) in [6.07, 6.45) is 1.77. The molecule has 7 rings (SSSR count). The van der Waals surface area contributed by atoms with Crippen LogP contribution in [-0.4, -0.2) is 36.4 Å². The van der Waals surface area contributed by atoms with E-state index >= 15 is 0 Å². The first-order valence-electron chi connectivity index (χ1n) is 13.7. The van der Waals surface area contributed by atoms with Gasteiger partial charge in [0.05, 0.1) is 17.3 Å². The number of anilines is 1. The van der Waals surface area contributed by atoms with E-state index < -0.39 is 17.7 Å². The second-order valence-corrected chi connectivity index (χ2v) is 12.5. The van der Waals surface area contributed by atoms with Gasteiger partial charge in [0.1, 0.15) is 11.3 Å². The average molecular weight is 604 g/mol. The molecule has 1 N–H and O–H groups in total. The van der Waals surface area contributed by atoms with Gasteiger partial charge in [0.2, 0.25) is 5.13 Å². The van der Waals surface area contributed by atoms with Crippen LogP contribution in [0.5, 0.6) is 0 Å². The van der Waals surface area contributed by atoms with Crippen molar-refractivity contribution in [3.63, 3.8) is 0 Å². The van der Waals surface area contributed by atoms with Crippen LogP contribution in [0.1, 0.15) is 34.1 Å². The zero-order chi connectivity index (χ0) is 29.7. The summed E-state index contributed by atoms with van der Waals surface area (Å²) in [5.41, 5.74) is 4.40. The summed E-state index contributed by atoms with van der Waals surface area (Å²) in [6, 6.07) is 26.6. The van der Waals surface area contributed by atoms with Gasteiger partial charge in [-0.25, -0.2) is 4.98 Å². The number of Topliss-reactive ketones (excluding diaryl/α,β-unsaturated/α-hetero) is 1. The molecule has 0 bridgehead atoms. The Kier molecular flexibility index (Phi) is 6.79. The van der Waals surface area contributed by atoms with E-state index in [-0.39, 0.29) is 11.3 Å². The van der Waals surface area contributed by atoms with Crippen molar-refractivity contribution < 1.29 is 14.7 Å². The zero-order valence-electron chi connectivity index (χ0n) is 23.3. The fourth-order valence-corrected chi connectivity index (χ4v) is 7.41. The number of rotatable bonds is 6. The monoisotopic (exact) mass is 603 g/mol. The van der Waals surface area contributed by atoms with Gasteiger partial charge in [-0.1, -0.05) is 101 Å². The Bertz CT molecular complexity index is 2070. The summed E-state index contributed by atoms with van der Waals surface area (Å²) in [4.78, 5) is 33.2. The number of aromatic nitrogens is 4. The van der Waals surface area contributed by atoms with Crippen molar-refractivity contribution in [1.82, 2.24) is 19.6 Å². The highest BCUT2D eigenvalue weighted by Crippen LogP contribution is 2.44. The third-order valence-electron chi connectivity index (χ3n) is 7.60. The lowest BCUT2D eigenvalue weighted by Crippen LogP contribution is -2.29. The average Bonchev–Trinajstić information content (AvgIpc) is 3.69. The number of hydrogen-bond donors (Lipinski definition) is 1. The molecular weight excluding hydrogens is 579 g/mol. The Balaban J connectivity index is 1.29. The molecule has 0 spiro atoms. The van der Waals surface area contributed by atoms with E-state index in [9.17, 15) is 14.7 Å². The molecule has 3 aromatic carbocycles. The largest absolute Gasteiger partial charge is 0.505 e. The lowest BCUT2D eigenvalue weighted by atomic mass is 9.96. The number of ketones is 1. The van der Waals surface area contributed by atoms with Gasteiger partial charge in [-0.05, 0) is 47.9 Å². The van der Waals surface area contributed by atoms with Crippen LogP contribution in [0.3, 0.4) is 0 Å². The van der Waals surface area contributed by atoms with Crippen LogP contribution in [0.2, 0.25) is 0 Å². The molecule has 3 aromatic heterocycles. The second-order valence-electron chi connectivity index (χ2n) is 10.3. The van der Waals surface area contributed by atoms with E-state index in [2.05, 4.69) is 39.4 Å². The molecule has 1 saturated heterocycles. The van der Waals surface area contributed by atoms with Gasteiger partial charge in [0.25, 0.3) is 5.78 Å². The summed E-state index contributed by atoms with van der Waals surface area (Å²) in [5.74, 6) is -1.16. The van der Waals surface area contributed by atoms with E-state index in [1.54, 1.807) is 17.5 Å². The van der Waals surface area contributed by atoms with Gasteiger partial charge in [0, 0.05) is 11.9 Å². The second kappa shape index (κ2) is 10.8. The van der Waals surface area contributed by atoms with Crippen molar-refractivity contribution in [1.29, 1.82) is 0 Å². The number of fused-ring (bicyclic) bond motifs is 2. The van der Waals surface area contributed by atoms with Crippen molar-refractivity contribution in [2.45, 2.75) is 30.0 Å². The molecule has 6 aromatic rings. The fraction of sp³-hybridized carbons (Fsp3) is 0.121. The van der Waals surface area contributed by atoms with E-state index in [0.717, 1.165) is 5.56 Å². The number of hydrogen-bond acceptors (Lipinski definition) is 8. The molecule has 8 nitrogen and oxygen atoms in total. The number of benzene rings is 3. The molecule has 1 aliphatic heterocycles. The number of carbonyl (C=O) groups is 2. The summed E-state index contributed by atoms with van der Waals surface area (Å²) in [6.45, 7) is 3.73. The molecule has 1 fully saturated rings. The maximum absolute atomic E-state index is 13.7. The zero-order valence-corrected chi connectivity index (χ0v) is 24.9. The normalized spacial score (nSPS) is 16.5. The van der Waals surface area contributed by atoms with Crippen LogP contribution in [0.4, 0.5) is 5.13 Å². The predicted molar refractivity (Wildman–Crippen MR) is 169 cm³/mol. The highest BCUT2D eigenvalue weighted by atomic mass is 32.2. The molecule has 0 radical (unpaired) electrons. The van der Waals surface area contributed by atoms with Gasteiger partial charge in [-0.2, -0.15) is 0 Å². The smallest absolute Gasteiger partial charge is 0.301 e. The van der Waals surface area contributed by atoms with Gasteiger partial charge in [0.15, 0.2) is 10.1 Å². The van der Waals surface area contributed by atoms with Gasteiger partial charge < -0.3 is 5.11 Å². The molecule has 0 aliphatic carbocycles. The minimum atomic E-state index is -0.891. The summed E-state index contributed by atoms with van der Waals surface area (Å²) >= 11 is 2.78. The van der Waals surface area contributed by atoms with E-state index in [1.165, 1.54) is 44.3 Å². The number of nitrogens with zero attached hydrogens (tertiary/aromatic N) is 5. The number of imidazole rings is 1. The summed E-state index contributed by atoms with van der Waals surface area (Å²) in [5, 5.41) is 23.1. The molecule has 212 valence electrons. The molecule has 4 heterocycles. The molecule has 43 heavy (non-hydrogen) atoms. The topological polar surface area (TPSA) is 101 Å². The van der Waals surface area contributed by atoms with Crippen LogP contribution in [0.25, 0.3) is 22.2 Å².